The highest BCUT2D eigenvalue weighted by Gasteiger charge is 2.40. The van der Waals surface area contributed by atoms with Crippen LogP contribution in [0.4, 0.5) is 0 Å². The van der Waals surface area contributed by atoms with Gasteiger partial charge in [-0.25, -0.2) is 0 Å². The van der Waals surface area contributed by atoms with Crippen molar-refractivity contribution in [1.29, 1.82) is 0 Å². The summed E-state index contributed by atoms with van der Waals surface area (Å²) < 4.78 is 5.81. The fraction of sp³-hybridized carbons (Fsp3) is 1.00. The van der Waals surface area contributed by atoms with Gasteiger partial charge in [-0.1, -0.05) is 20.3 Å². The topological polar surface area (TPSA) is 38.5 Å². The fourth-order valence-electron chi connectivity index (χ4n) is 3.53. The van der Waals surface area contributed by atoms with E-state index in [1.807, 2.05) is 0 Å². The van der Waals surface area contributed by atoms with Crippen molar-refractivity contribution in [2.24, 2.45) is 11.1 Å². The van der Waals surface area contributed by atoms with Gasteiger partial charge in [-0.2, -0.15) is 0 Å². The van der Waals surface area contributed by atoms with Gasteiger partial charge in [-0.05, 0) is 32.1 Å². The van der Waals surface area contributed by atoms with Crippen LogP contribution in [0.1, 0.15) is 47.0 Å². The van der Waals surface area contributed by atoms with Gasteiger partial charge in [0.15, 0.2) is 0 Å². The van der Waals surface area contributed by atoms with Crippen LogP contribution in [0.3, 0.4) is 0 Å². The van der Waals surface area contributed by atoms with Crippen LogP contribution < -0.4 is 5.73 Å². The summed E-state index contributed by atoms with van der Waals surface area (Å²) in [5.41, 5.74) is 6.78. The highest BCUT2D eigenvalue weighted by molar-refractivity contribution is 4.97. The molecule has 0 radical (unpaired) electrons. The molecule has 100 valence electrons. The molecule has 2 N–H and O–H groups in total. The average Bonchev–Trinajstić information content (AvgIpc) is 2.20. The summed E-state index contributed by atoms with van der Waals surface area (Å²) in [4.78, 5) is 2.57. The molecule has 1 saturated carbocycles. The first kappa shape index (κ1) is 13.3. The van der Waals surface area contributed by atoms with Crippen LogP contribution in [0.5, 0.6) is 0 Å². The van der Waals surface area contributed by atoms with Crippen LogP contribution in [-0.2, 0) is 4.74 Å². The van der Waals surface area contributed by atoms with E-state index in [1.54, 1.807) is 0 Å². The zero-order valence-electron chi connectivity index (χ0n) is 11.8. The predicted molar refractivity (Wildman–Crippen MR) is 71.0 cm³/mol. The Bertz CT molecular complexity index is 257. The number of nitrogens with zero attached hydrogens (tertiary/aromatic N) is 1. The van der Waals surface area contributed by atoms with Gasteiger partial charge < -0.3 is 10.5 Å². The minimum Gasteiger partial charge on any atom is -0.373 e. The van der Waals surface area contributed by atoms with Crippen molar-refractivity contribution < 1.29 is 4.74 Å². The molecule has 1 aliphatic carbocycles. The van der Waals surface area contributed by atoms with E-state index in [0.29, 0.717) is 24.3 Å². The summed E-state index contributed by atoms with van der Waals surface area (Å²) in [6.45, 7) is 11.1. The lowest BCUT2D eigenvalue weighted by Gasteiger charge is -2.49. The molecule has 3 heteroatoms. The van der Waals surface area contributed by atoms with E-state index >= 15 is 0 Å². The zero-order valence-corrected chi connectivity index (χ0v) is 11.8. The smallest absolute Gasteiger partial charge is 0.0678 e. The van der Waals surface area contributed by atoms with Crippen molar-refractivity contribution in [3.8, 4) is 0 Å². The molecule has 0 amide bonds. The number of hydrogen-bond acceptors (Lipinski definition) is 3. The number of hydrogen-bond donors (Lipinski definition) is 1. The molecular formula is C14H28N2O. The molecular weight excluding hydrogens is 212 g/mol. The Kier molecular flexibility index (Phi) is 3.81. The van der Waals surface area contributed by atoms with Crippen LogP contribution in [0, 0.1) is 5.41 Å². The third-order valence-electron chi connectivity index (χ3n) is 4.55. The normalized spacial score (nSPS) is 43.6. The molecule has 1 heterocycles. The van der Waals surface area contributed by atoms with E-state index in [4.69, 9.17) is 10.5 Å². The van der Waals surface area contributed by atoms with E-state index in [1.165, 1.54) is 19.3 Å². The third kappa shape index (κ3) is 2.83. The van der Waals surface area contributed by atoms with Gasteiger partial charge in [0, 0.05) is 25.2 Å². The average molecular weight is 240 g/mol. The van der Waals surface area contributed by atoms with Gasteiger partial charge >= 0.3 is 0 Å². The molecule has 0 spiro atoms. The molecule has 0 aromatic rings. The van der Waals surface area contributed by atoms with Gasteiger partial charge in [0.05, 0.1) is 12.2 Å². The Morgan fingerprint density at radius 2 is 1.76 bits per heavy atom. The van der Waals surface area contributed by atoms with Gasteiger partial charge in [0.25, 0.3) is 0 Å². The molecule has 2 fully saturated rings. The summed E-state index contributed by atoms with van der Waals surface area (Å²) >= 11 is 0. The SMILES string of the molecule is CC1CN(C2CCCC(C)(C)C2N)CC(C)O1. The van der Waals surface area contributed by atoms with Crippen molar-refractivity contribution in [2.75, 3.05) is 13.1 Å². The highest BCUT2D eigenvalue weighted by Crippen LogP contribution is 2.37. The quantitative estimate of drug-likeness (QED) is 0.762. The molecule has 4 atom stereocenters. The minimum absolute atomic E-state index is 0.285. The fourth-order valence-corrected chi connectivity index (χ4v) is 3.53. The minimum atomic E-state index is 0.285. The first-order valence-electron chi connectivity index (χ1n) is 7.05. The lowest BCUT2D eigenvalue weighted by atomic mass is 9.70. The van der Waals surface area contributed by atoms with Crippen molar-refractivity contribution in [3.63, 3.8) is 0 Å². The summed E-state index contributed by atoms with van der Waals surface area (Å²) in [5.74, 6) is 0. The van der Waals surface area contributed by atoms with E-state index in [0.717, 1.165) is 13.1 Å². The maximum Gasteiger partial charge on any atom is 0.0678 e. The highest BCUT2D eigenvalue weighted by atomic mass is 16.5. The predicted octanol–water partition coefficient (Wildman–Crippen LogP) is 2.00. The summed E-state index contributed by atoms with van der Waals surface area (Å²) in [6.07, 6.45) is 4.52. The molecule has 1 saturated heterocycles. The number of rotatable bonds is 1. The second-order valence-electron chi connectivity index (χ2n) is 6.69. The second-order valence-corrected chi connectivity index (χ2v) is 6.69. The van der Waals surface area contributed by atoms with Crippen LogP contribution in [-0.4, -0.2) is 42.3 Å². The lowest BCUT2D eigenvalue weighted by molar-refractivity contribution is -0.0929. The summed E-state index contributed by atoms with van der Waals surface area (Å²) in [5, 5.41) is 0. The van der Waals surface area contributed by atoms with E-state index in [2.05, 4.69) is 32.6 Å². The summed E-state index contributed by atoms with van der Waals surface area (Å²) in [7, 11) is 0. The van der Waals surface area contributed by atoms with Crippen LogP contribution in [0.25, 0.3) is 0 Å². The Morgan fingerprint density at radius 3 is 2.35 bits per heavy atom. The maximum atomic E-state index is 6.50. The Balaban J connectivity index is 2.05. The molecule has 17 heavy (non-hydrogen) atoms. The monoisotopic (exact) mass is 240 g/mol. The Morgan fingerprint density at radius 1 is 1.18 bits per heavy atom. The van der Waals surface area contributed by atoms with Crippen LogP contribution in [0.2, 0.25) is 0 Å². The van der Waals surface area contributed by atoms with E-state index in [9.17, 15) is 0 Å². The lowest BCUT2D eigenvalue weighted by Crippen LogP contribution is -2.61. The van der Waals surface area contributed by atoms with Crippen molar-refractivity contribution >= 4 is 0 Å². The molecule has 4 unspecified atom stereocenters. The van der Waals surface area contributed by atoms with Crippen LogP contribution >= 0.6 is 0 Å². The third-order valence-corrected chi connectivity index (χ3v) is 4.55. The number of morpholine rings is 1. The Hall–Kier alpha value is -0.120. The molecule has 0 bridgehead atoms. The van der Waals surface area contributed by atoms with E-state index in [-0.39, 0.29) is 5.41 Å². The molecule has 0 aromatic heterocycles. The standard InChI is InChI=1S/C14H28N2O/c1-10-8-16(9-11(2)17-10)12-6-5-7-14(3,4)13(12)15/h10-13H,5-9,15H2,1-4H3. The largest absolute Gasteiger partial charge is 0.373 e. The van der Waals surface area contributed by atoms with Crippen LogP contribution in [0.15, 0.2) is 0 Å². The number of ether oxygens (including phenoxy) is 1. The molecule has 2 rings (SSSR count). The molecule has 2 aliphatic rings. The van der Waals surface area contributed by atoms with Crippen molar-refractivity contribution in [1.82, 2.24) is 4.90 Å². The van der Waals surface area contributed by atoms with Gasteiger partial charge in [-0.15, -0.1) is 0 Å². The second kappa shape index (κ2) is 4.87. The van der Waals surface area contributed by atoms with Gasteiger partial charge in [-0.3, -0.25) is 4.90 Å². The molecule has 0 aromatic carbocycles. The first-order chi connectivity index (χ1) is 7.90. The zero-order chi connectivity index (χ0) is 12.6. The number of nitrogens with two attached hydrogens (primary N) is 1. The summed E-state index contributed by atoms with van der Waals surface area (Å²) in [6, 6.07) is 0.848. The maximum absolute atomic E-state index is 6.50. The van der Waals surface area contributed by atoms with Gasteiger partial charge in [0.1, 0.15) is 0 Å². The Labute approximate surface area is 106 Å². The van der Waals surface area contributed by atoms with Crippen molar-refractivity contribution in [3.05, 3.63) is 0 Å². The van der Waals surface area contributed by atoms with Crippen molar-refractivity contribution in [2.45, 2.75) is 71.2 Å². The van der Waals surface area contributed by atoms with E-state index < -0.39 is 0 Å². The first-order valence-corrected chi connectivity index (χ1v) is 7.05. The van der Waals surface area contributed by atoms with Gasteiger partial charge in [0.2, 0.25) is 0 Å². The molecule has 3 nitrogen and oxygen atoms in total. The molecule has 1 aliphatic heterocycles.